The molecule has 0 saturated carbocycles. The first-order valence-electron chi connectivity index (χ1n) is 10.4. The Labute approximate surface area is 180 Å². The maximum Gasteiger partial charge on any atom is 0.331 e. The molecular weight excluding hydrogens is 400 g/mol. The average molecular weight is 427 g/mol. The van der Waals surface area contributed by atoms with Crippen LogP contribution in [-0.2, 0) is 13.1 Å². The van der Waals surface area contributed by atoms with Crippen molar-refractivity contribution in [2.45, 2.75) is 26.4 Å². The first-order valence-corrected chi connectivity index (χ1v) is 10.8. The molecule has 0 amide bonds. The molecule has 1 aliphatic rings. The van der Waals surface area contributed by atoms with E-state index in [-0.39, 0.29) is 11.2 Å². The van der Waals surface area contributed by atoms with Crippen LogP contribution >= 0.6 is 11.6 Å². The average Bonchev–Trinajstić information content (AvgIpc) is 2.75. The lowest BCUT2D eigenvalue weighted by molar-refractivity contribution is 0.313. The lowest BCUT2D eigenvalue weighted by atomic mass is 10.1. The van der Waals surface area contributed by atoms with Crippen LogP contribution in [0.5, 0.6) is 0 Å². The van der Waals surface area contributed by atoms with Crippen molar-refractivity contribution in [3.8, 4) is 0 Å². The molecule has 0 spiro atoms. The van der Waals surface area contributed by atoms with Crippen LogP contribution in [0.3, 0.4) is 0 Å². The van der Waals surface area contributed by atoms with Gasteiger partial charge in [0.1, 0.15) is 0 Å². The molecule has 3 aromatic rings. The summed E-state index contributed by atoms with van der Waals surface area (Å²) in [6, 6.07) is 13.4. The van der Waals surface area contributed by atoms with Gasteiger partial charge in [0.2, 0.25) is 0 Å². The molecular formula is C23H27ClN4O2. The van der Waals surface area contributed by atoms with E-state index in [1.807, 2.05) is 43.3 Å². The van der Waals surface area contributed by atoms with Gasteiger partial charge in [0.25, 0.3) is 5.56 Å². The quantitative estimate of drug-likeness (QED) is 0.629. The van der Waals surface area contributed by atoms with Gasteiger partial charge in [-0.05, 0) is 31.2 Å². The summed E-state index contributed by atoms with van der Waals surface area (Å²) in [5, 5.41) is 1.11. The molecule has 1 fully saturated rings. The summed E-state index contributed by atoms with van der Waals surface area (Å²) in [6.45, 7) is 6.23. The number of anilines is 1. The number of hydrogen-bond acceptors (Lipinski definition) is 4. The van der Waals surface area contributed by atoms with Crippen LogP contribution < -0.4 is 16.1 Å². The Hall–Kier alpha value is -2.57. The second-order valence-electron chi connectivity index (χ2n) is 7.92. The maximum atomic E-state index is 13.5. The van der Waals surface area contributed by atoms with E-state index < -0.39 is 0 Å². The first kappa shape index (κ1) is 20.7. The number of hydrogen-bond donors (Lipinski definition) is 0. The summed E-state index contributed by atoms with van der Waals surface area (Å²) in [6.07, 6.45) is 0.712. The third-order valence-electron chi connectivity index (χ3n) is 5.75. The van der Waals surface area contributed by atoms with Crippen molar-refractivity contribution in [1.82, 2.24) is 14.0 Å². The number of halogens is 1. The molecule has 7 heteroatoms. The Morgan fingerprint density at radius 3 is 2.33 bits per heavy atom. The number of benzene rings is 2. The molecule has 30 heavy (non-hydrogen) atoms. The zero-order valence-corrected chi connectivity index (χ0v) is 18.2. The van der Waals surface area contributed by atoms with Crippen molar-refractivity contribution in [3.05, 3.63) is 73.9 Å². The smallest absolute Gasteiger partial charge is 0.331 e. The predicted octanol–water partition coefficient (Wildman–Crippen LogP) is 3.03. The fraction of sp³-hybridized carbons (Fsp3) is 0.391. The molecule has 4 rings (SSSR count). The lowest BCUT2D eigenvalue weighted by Crippen LogP contribution is -2.46. The largest absolute Gasteiger partial charge is 0.368 e. The van der Waals surface area contributed by atoms with Gasteiger partial charge in [-0.3, -0.25) is 13.9 Å². The number of rotatable bonds is 5. The fourth-order valence-electron chi connectivity index (χ4n) is 4.12. The Morgan fingerprint density at radius 2 is 1.67 bits per heavy atom. The second kappa shape index (κ2) is 8.66. The zero-order chi connectivity index (χ0) is 21.3. The van der Waals surface area contributed by atoms with Gasteiger partial charge in [-0.25, -0.2) is 4.79 Å². The maximum absolute atomic E-state index is 13.5. The zero-order valence-electron chi connectivity index (χ0n) is 17.5. The third kappa shape index (κ3) is 3.89. The molecule has 6 nitrogen and oxygen atoms in total. The summed E-state index contributed by atoms with van der Waals surface area (Å²) in [4.78, 5) is 31.2. The molecule has 0 unspecified atom stereocenters. The van der Waals surface area contributed by atoms with Gasteiger partial charge in [0.15, 0.2) is 0 Å². The van der Waals surface area contributed by atoms with Gasteiger partial charge in [0.05, 0.1) is 23.1 Å². The summed E-state index contributed by atoms with van der Waals surface area (Å²) < 4.78 is 3.06. The van der Waals surface area contributed by atoms with Crippen LogP contribution in [0, 0.1) is 0 Å². The number of aromatic nitrogens is 2. The molecule has 1 aromatic heterocycles. The van der Waals surface area contributed by atoms with E-state index in [0.717, 1.165) is 37.4 Å². The van der Waals surface area contributed by atoms with Crippen LogP contribution in [0.1, 0.15) is 18.9 Å². The van der Waals surface area contributed by atoms with Crippen LogP contribution in [-0.4, -0.2) is 47.3 Å². The summed E-state index contributed by atoms with van der Waals surface area (Å²) in [5.74, 6) is 0. The molecule has 2 heterocycles. The number of nitrogens with zero attached hydrogens (tertiary/aromatic N) is 4. The van der Waals surface area contributed by atoms with Crippen molar-refractivity contribution in [1.29, 1.82) is 0 Å². The molecule has 0 N–H and O–H groups in total. The van der Waals surface area contributed by atoms with Crippen LogP contribution in [0.15, 0.2) is 52.1 Å². The lowest BCUT2D eigenvalue weighted by Gasteiger charge is -2.34. The topological polar surface area (TPSA) is 50.5 Å². The summed E-state index contributed by atoms with van der Waals surface area (Å²) in [7, 11) is 2.10. The number of fused-ring (bicyclic) bond motifs is 1. The van der Waals surface area contributed by atoms with Gasteiger partial charge < -0.3 is 9.80 Å². The highest BCUT2D eigenvalue weighted by atomic mass is 35.5. The molecule has 0 bridgehead atoms. The van der Waals surface area contributed by atoms with Gasteiger partial charge in [0, 0.05) is 37.7 Å². The van der Waals surface area contributed by atoms with Crippen LogP contribution in [0.25, 0.3) is 10.9 Å². The molecule has 158 valence electrons. The van der Waals surface area contributed by atoms with Crippen molar-refractivity contribution in [3.63, 3.8) is 0 Å². The Balaban J connectivity index is 1.98. The fourth-order valence-corrected chi connectivity index (χ4v) is 4.32. The Bertz CT molecular complexity index is 1160. The molecule has 0 aliphatic carbocycles. The van der Waals surface area contributed by atoms with Crippen molar-refractivity contribution < 1.29 is 0 Å². The molecule has 1 saturated heterocycles. The van der Waals surface area contributed by atoms with Gasteiger partial charge in [-0.15, -0.1) is 0 Å². The molecule has 2 aromatic carbocycles. The molecule has 0 atom stereocenters. The van der Waals surface area contributed by atoms with E-state index in [0.29, 0.717) is 35.4 Å². The van der Waals surface area contributed by atoms with E-state index in [4.69, 9.17) is 11.6 Å². The minimum absolute atomic E-state index is 0.230. The summed E-state index contributed by atoms with van der Waals surface area (Å²) in [5.41, 5.74) is 1.91. The van der Waals surface area contributed by atoms with Crippen LogP contribution in [0.4, 0.5) is 5.69 Å². The molecule has 1 aliphatic heterocycles. The van der Waals surface area contributed by atoms with Gasteiger partial charge in [-0.1, -0.05) is 48.9 Å². The van der Waals surface area contributed by atoms with Gasteiger partial charge >= 0.3 is 5.69 Å². The SMILES string of the molecule is CCCn1c(=O)c2c(N3CCN(C)CC3)cc(Cl)cc2n(Cc2ccccc2)c1=O. The third-order valence-corrected chi connectivity index (χ3v) is 5.97. The monoisotopic (exact) mass is 426 g/mol. The van der Waals surface area contributed by atoms with E-state index in [1.54, 1.807) is 10.6 Å². The van der Waals surface area contributed by atoms with E-state index in [1.165, 1.54) is 4.57 Å². The van der Waals surface area contributed by atoms with Crippen LogP contribution in [0.2, 0.25) is 5.02 Å². The van der Waals surface area contributed by atoms with E-state index in [2.05, 4.69) is 16.8 Å². The first-order chi connectivity index (χ1) is 14.5. The highest BCUT2D eigenvalue weighted by Gasteiger charge is 2.22. The number of piperazine rings is 1. The Kier molecular flexibility index (Phi) is 5.97. The van der Waals surface area contributed by atoms with Crippen molar-refractivity contribution in [2.75, 3.05) is 38.1 Å². The molecule has 0 radical (unpaired) electrons. The van der Waals surface area contributed by atoms with Crippen molar-refractivity contribution in [2.24, 2.45) is 0 Å². The highest BCUT2D eigenvalue weighted by molar-refractivity contribution is 6.31. The van der Waals surface area contributed by atoms with Gasteiger partial charge in [-0.2, -0.15) is 0 Å². The highest BCUT2D eigenvalue weighted by Crippen LogP contribution is 2.29. The van der Waals surface area contributed by atoms with E-state index >= 15 is 0 Å². The van der Waals surface area contributed by atoms with Crippen molar-refractivity contribution >= 4 is 28.2 Å². The predicted molar refractivity (Wildman–Crippen MR) is 123 cm³/mol. The minimum Gasteiger partial charge on any atom is -0.368 e. The standard InChI is InChI=1S/C23H27ClN4O2/c1-3-9-27-22(29)21-19(26-12-10-25(2)11-13-26)14-18(24)15-20(21)28(23(27)30)16-17-7-5-4-6-8-17/h4-8,14-15H,3,9-13,16H2,1-2H3. The summed E-state index contributed by atoms with van der Waals surface area (Å²) >= 11 is 6.49. The Morgan fingerprint density at radius 1 is 0.967 bits per heavy atom. The number of likely N-dealkylation sites (N-methyl/N-ethyl adjacent to an activating group) is 1. The minimum atomic E-state index is -0.287. The second-order valence-corrected chi connectivity index (χ2v) is 8.36. The normalized spacial score (nSPS) is 15.1. The van der Waals surface area contributed by atoms with E-state index in [9.17, 15) is 9.59 Å².